The molecule has 122 valence electrons. The highest BCUT2D eigenvalue weighted by Gasteiger charge is 2.15. The van der Waals surface area contributed by atoms with Crippen LogP contribution in [0.25, 0.3) is 0 Å². The number of likely N-dealkylation sites (N-methyl/N-ethyl adjacent to an activating group) is 1. The lowest BCUT2D eigenvalue weighted by Crippen LogP contribution is -2.47. The predicted molar refractivity (Wildman–Crippen MR) is 91.4 cm³/mol. The van der Waals surface area contributed by atoms with Crippen molar-refractivity contribution in [3.63, 3.8) is 0 Å². The molecule has 0 spiro atoms. The van der Waals surface area contributed by atoms with E-state index in [0.717, 1.165) is 16.5 Å². The highest BCUT2D eigenvalue weighted by Crippen LogP contribution is 2.11. The summed E-state index contributed by atoms with van der Waals surface area (Å²) in [5.74, 6) is -0.301. The Hall–Kier alpha value is -1.40. The molecule has 0 aliphatic rings. The fourth-order valence-corrected chi connectivity index (χ4v) is 2.22. The molecule has 0 aromatic heterocycles. The van der Waals surface area contributed by atoms with Crippen LogP contribution in [0.4, 0.5) is 0 Å². The van der Waals surface area contributed by atoms with E-state index in [2.05, 4.69) is 26.6 Å². The zero-order chi connectivity index (χ0) is 16.5. The molecule has 2 N–H and O–H groups in total. The minimum Gasteiger partial charge on any atom is -0.354 e. The average molecular weight is 370 g/mol. The van der Waals surface area contributed by atoms with Gasteiger partial charge in [0.2, 0.25) is 11.8 Å². The monoisotopic (exact) mass is 369 g/mol. The Balaban J connectivity index is 2.37. The summed E-state index contributed by atoms with van der Waals surface area (Å²) < 4.78 is 1.03. The second kappa shape index (κ2) is 9.58. The van der Waals surface area contributed by atoms with Crippen LogP contribution in [0.15, 0.2) is 28.7 Å². The van der Waals surface area contributed by atoms with Crippen LogP contribution in [0, 0.1) is 0 Å². The van der Waals surface area contributed by atoms with Gasteiger partial charge < -0.3 is 10.6 Å². The molecule has 0 saturated heterocycles. The first-order valence-corrected chi connectivity index (χ1v) is 8.21. The van der Waals surface area contributed by atoms with Gasteiger partial charge in [0.05, 0.1) is 6.54 Å². The van der Waals surface area contributed by atoms with Crippen molar-refractivity contribution in [1.29, 1.82) is 0 Å². The summed E-state index contributed by atoms with van der Waals surface area (Å²) in [5.41, 5.74) is 1.13. The fourth-order valence-electron chi connectivity index (χ4n) is 1.96. The minimum atomic E-state index is -0.514. The van der Waals surface area contributed by atoms with E-state index >= 15 is 0 Å². The second-order valence-corrected chi connectivity index (χ2v) is 6.29. The molecule has 1 aromatic carbocycles. The van der Waals surface area contributed by atoms with Crippen molar-refractivity contribution in [1.82, 2.24) is 15.5 Å². The Morgan fingerprint density at radius 3 is 2.50 bits per heavy atom. The third-order valence-electron chi connectivity index (χ3n) is 3.10. The summed E-state index contributed by atoms with van der Waals surface area (Å²) in [7, 11) is 1.88. The van der Waals surface area contributed by atoms with E-state index < -0.39 is 6.04 Å². The van der Waals surface area contributed by atoms with Crippen molar-refractivity contribution >= 4 is 27.7 Å². The third-order valence-corrected chi connectivity index (χ3v) is 3.63. The molecule has 0 saturated carbocycles. The van der Waals surface area contributed by atoms with Crippen molar-refractivity contribution < 1.29 is 9.59 Å². The summed E-state index contributed by atoms with van der Waals surface area (Å²) >= 11 is 3.39. The lowest BCUT2D eigenvalue weighted by molar-refractivity contribution is -0.129. The number of benzene rings is 1. The molecule has 0 bridgehead atoms. The smallest absolute Gasteiger partial charge is 0.242 e. The molecular formula is C16H24BrN3O2. The molecule has 6 heteroatoms. The number of hydrogen-bond acceptors (Lipinski definition) is 3. The Labute approximate surface area is 140 Å². The summed E-state index contributed by atoms with van der Waals surface area (Å²) in [4.78, 5) is 25.6. The fraction of sp³-hybridized carbons (Fsp3) is 0.500. The van der Waals surface area contributed by atoms with Crippen LogP contribution in [0.2, 0.25) is 0 Å². The molecule has 0 unspecified atom stereocenters. The molecule has 0 radical (unpaired) electrons. The SMILES string of the molecule is CCCNC(=O)[C@H](C)NC(=O)CN(C)Cc1ccc(Br)cc1. The van der Waals surface area contributed by atoms with Crippen LogP contribution in [-0.4, -0.2) is 42.9 Å². The third kappa shape index (κ3) is 7.04. The van der Waals surface area contributed by atoms with Gasteiger partial charge in [-0.1, -0.05) is 35.0 Å². The molecule has 0 heterocycles. The lowest BCUT2D eigenvalue weighted by Gasteiger charge is -2.19. The number of carbonyl (C=O) groups excluding carboxylic acids is 2. The van der Waals surface area contributed by atoms with Crippen molar-refractivity contribution in [3.8, 4) is 0 Å². The molecule has 0 fully saturated rings. The normalized spacial score (nSPS) is 12.0. The molecule has 5 nitrogen and oxygen atoms in total. The number of amides is 2. The first kappa shape index (κ1) is 18.6. The maximum absolute atomic E-state index is 11.9. The van der Waals surface area contributed by atoms with E-state index in [0.29, 0.717) is 13.1 Å². The van der Waals surface area contributed by atoms with Gasteiger partial charge in [0, 0.05) is 17.6 Å². The maximum atomic E-state index is 11.9. The van der Waals surface area contributed by atoms with Gasteiger partial charge in [0.15, 0.2) is 0 Å². The van der Waals surface area contributed by atoms with Crippen molar-refractivity contribution in [3.05, 3.63) is 34.3 Å². The number of nitrogens with zero attached hydrogens (tertiary/aromatic N) is 1. The largest absolute Gasteiger partial charge is 0.354 e. The molecule has 1 aromatic rings. The molecule has 1 atom stereocenters. The van der Waals surface area contributed by atoms with Gasteiger partial charge >= 0.3 is 0 Å². The second-order valence-electron chi connectivity index (χ2n) is 5.38. The zero-order valence-electron chi connectivity index (χ0n) is 13.4. The Morgan fingerprint density at radius 1 is 1.27 bits per heavy atom. The predicted octanol–water partition coefficient (Wildman–Crippen LogP) is 1.91. The number of nitrogens with one attached hydrogen (secondary N) is 2. The van der Waals surface area contributed by atoms with Crippen molar-refractivity contribution in [2.75, 3.05) is 20.1 Å². The maximum Gasteiger partial charge on any atom is 0.242 e. The molecule has 2 amide bonds. The Bertz CT molecular complexity index is 491. The van der Waals surface area contributed by atoms with Crippen LogP contribution in [0.3, 0.4) is 0 Å². The zero-order valence-corrected chi connectivity index (χ0v) is 14.9. The molecule has 0 aliphatic carbocycles. The number of halogens is 1. The van der Waals surface area contributed by atoms with Crippen LogP contribution in [-0.2, 0) is 16.1 Å². The van der Waals surface area contributed by atoms with Gasteiger partial charge in [-0.05, 0) is 38.1 Å². The van der Waals surface area contributed by atoms with E-state index in [9.17, 15) is 9.59 Å². The van der Waals surface area contributed by atoms with Gasteiger partial charge in [-0.3, -0.25) is 14.5 Å². The first-order chi connectivity index (χ1) is 10.4. The molecule has 0 aliphatic heterocycles. The highest BCUT2D eigenvalue weighted by molar-refractivity contribution is 9.10. The molecular weight excluding hydrogens is 346 g/mol. The number of hydrogen-bond donors (Lipinski definition) is 2. The first-order valence-electron chi connectivity index (χ1n) is 7.42. The topological polar surface area (TPSA) is 61.4 Å². The van der Waals surface area contributed by atoms with Gasteiger partial charge in [-0.2, -0.15) is 0 Å². The van der Waals surface area contributed by atoms with Gasteiger partial charge in [-0.25, -0.2) is 0 Å². The average Bonchev–Trinajstić information content (AvgIpc) is 2.46. The summed E-state index contributed by atoms with van der Waals surface area (Å²) in [6, 6.07) is 7.46. The van der Waals surface area contributed by atoms with Gasteiger partial charge in [0.25, 0.3) is 0 Å². The van der Waals surface area contributed by atoms with Crippen LogP contribution in [0.1, 0.15) is 25.8 Å². The van der Waals surface area contributed by atoms with Gasteiger partial charge in [-0.15, -0.1) is 0 Å². The van der Waals surface area contributed by atoms with E-state index in [-0.39, 0.29) is 18.4 Å². The van der Waals surface area contributed by atoms with Crippen LogP contribution in [0.5, 0.6) is 0 Å². The summed E-state index contributed by atoms with van der Waals surface area (Å²) in [6.45, 7) is 5.24. The Morgan fingerprint density at radius 2 is 1.91 bits per heavy atom. The van der Waals surface area contributed by atoms with Crippen LogP contribution >= 0.6 is 15.9 Å². The molecule has 1 rings (SSSR count). The quantitative estimate of drug-likeness (QED) is 0.735. The van der Waals surface area contributed by atoms with E-state index in [4.69, 9.17) is 0 Å². The number of rotatable bonds is 8. The lowest BCUT2D eigenvalue weighted by atomic mass is 10.2. The minimum absolute atomic E-state index is 0.147. The van der Waals surface area contributed by atoms with Crippen molar-refractivity contribution in [2.24, 2.45) is 0 Å². The van der Waals surface area contributed by atoms with Crippen molar-refractivity contribution in [2.45, 2.75) is 32.9 Å². The van der Waals surface area contributed by atoms with E-state index in [1.54, 1.807) is 6.92 Å². The molecule has 22 heavy (non-hydrogen) atoms. The highest BCUT2D eigenvalue weighted by atomic mass is 79.9. The Kier molecular flexibility index (Phi) is 8.12. The van der Waals surface area contributed by atoms with Crippen LogP contribution < -0.4 is 10.6 Å². The van der Waals surface area contributed by atoms with Gasteiger partial charge in [0.1, 0.15) is 6.04 Å². The summed E-state index contributed by atoms with van der Waals surface area (Å²) in [5, 5.41) is 5.48. The number of carbonyl (C=O) groups is 2. The van der Waals surface area contributed by atoms with E-state index in [1.807, 2.05) is 43.1 Å². The van der Waals surface area contributed by atoms with E-state index in [1.165, 1.54) is 0 Å². The summed E-state index contributed by atoms with van der Waals surface area (Å²) in [6.07, 6.45) is 0.877. The standard InChI is InChI=1S/C16H24BrN3O2/c1-4-9-18-16(22)12(2)19-15(21)11-20(3)10-13-5-7-14(17)8-6-13/h5-8,12H,4,9-11H2,1-3H3,(H,18,22)(H,19,21)/t12-/m0/s1.